The number of ether oxygens (including phenoxy) is 2. The first-order valence-electron chi connectivity index (χ1n) is 18.7. The summed E-state index contributed by atoms with van der Waals surface area (Å²) in [4.78, 5) is 13.6. The number of allylic oxidation sites excluding steroid dienone is 1. The number of hydrogen-bond acceptors (Lipinski definition) is 7. The highest BCUT2D eigenvalue weighted by Gasteiger charge is 2.59. The van der Waals surface area contributed by atoms with E-state index in [4.69, 9.17) is 28.1 Å². The predicted octanol–water partition coefficient (Wildman–Crippen LogP) is 7.16. The molecular formula is C41H50B2O7. The molecule has 4 fully saturated rings. The minimum Gasteiger partial charge on any atom is -0.456 e. The largest absolute Gasteiger partial charge is 0.494 e. The van der Waals surface area contributed by atoms with Crippen LogP contribution < -0.4 is 15.7 Å². The first-order valence-corrected chi connectivity index (χ1v) is 18.7. The quantitative estimate of drug-likeness (QED) is 0.238. The number of esters is 1. The van der Waals surface area contributed by atoms with Gasteiger partial charge in [-0.1, -0.05) is 83.2 Å². The van der Waals surface area contributed by atoms with Gasteiger partial charge in [0.1, 0.15) is 11.5 Å². The third kappa shape index (κ3) is 4.75. The maximum Gasteiger partial charge on any atom is 0.494 e. The Kier molecular flexibility index (Phi) is 8.15. The predicted molar refractivity (Wildman–Crippen MR) is 196 cm³/mol. The number of hydrogen-bond donors (Lipinski definition) is 0. The monoisotopic (exact) mass is 676 g/mol. The molecule has 6 aliphatic rings. The van der Waals surface area contributed by atoms with Gasteiger partial charge >= 0.3 is 20.2 Å². The molecule has 2 saturated carbocycles. The van der Waals surface area contributed by atoms with E-state index in [1.807, 2.05) is 49.4 Å². The topological polar surface area (TPSA) is 72.5 Å². The molecule has 4 heterocycles. The fourth-order valence-corrected chi connectivity index (χ4v) is 9.86. The molecule has 7 nitrogen and oxygen atoms in total. The Labute approximate surface area is 298 Å². The van der Waals surface area contributed by atoms with Crippen molar-refractivity contribution in [3.8, 4) is 11.5 Å². The summed E-state index contributed by atoms with van der Waals surface area (Å²) in [5.74, 6) is 3.45. The van der Waals surface area contributed by atoms with Gasteiger partial charge in [-0.2, -0.15) is 0 Å². The number of benzene rings is 2. The molecule has 2 aromatic rings. The first-order chi connectivity index (χ1) is 23.9. The van der Waals surface area contributed by atoms with E-state index in [-0.39, 0.29) is 23.4 Å². The van der Waals surface area contributed by atoms with Gasteiger partial charge in [0.2, 0.25) is 0 Å². The average Bonchev–Trinajstić information content (AvgIpc) is 3.71. The lowest BCUT2D eigenvalue weighted by Gasteiger charge is -2.50. The molecule has 9 heteroatoms. The Morgan fingerprint density at radius 3 is 2.12 bits per heavy atom. The highest BCUT2D eigenvalue weighted by molar-refractivity contribution is 6.62. The van der Waals surface area contributed by atoms with Crippen LogP contribution in [-0.2, 0) is 33.7 Å². The molecule has 0 bridgehead atoms. The average molecular weight is 676 g/mol. The number of carbonyl (C=O) groups is 1. The normalized spacial score (nSPS) is 39.0. The molecule has 2 aliphatic carbocycles. The maximum absolute atomic E-state index is 13.6. The molecule has 4 aliphatic heterocycles. The van der Waals surface area contributed by atoms with E-state index < -0.39 is 25.8 Å². The lowest BCUT2D eigenvalue weighted by Crippen LogP contribution is -2.53. The van der Waals surface area contributed by atoms with E-state index in [1.165, 1.54) is 0 Å². The van der Waals surface area contributed by atoms with Crippen LogP contribution in [0.1, 0.15) is 92.2 Å². The van der Waals surface area contributed by atoms with E-state index in [9.17, 15) is 4.79 Å². The summed E-state index contributed by atoms with van der Waals surface area (Å²) in [6, 6.07) is 12.0. The van der Waals surface area contributed by atoms with Crippen LogP contribution in [0.3, 0.4) is 0 Å². The number of rotatable bonds is 6. The molecule has 1 spiro atoms. The van der Waals surface area contributed by atoms with Crippen LogP contribution in [0.15, 0.2) is 72.4 Å². The lowest BCUT2D eigenvalue weighted by molar-refractivity contribution is -0.144. The van der Waals surface area contributed by atoms with E-state index in [0.717, 1.165) is 47.7 Å². The Bertz CT molecular complexity index is 1800. The molecule has 2 aromatic carbocycles. The van der Waals surface area contributed by atoms with E-state index in [2.05, 4.69) is 55.0 Å². The van der Waals surface area contributed by atoms with Gasteiger partial charge in [0.15, 0.2) is 5.60 Å². The van der Waals surface area contributed by atoms with Crippen molar-refractivity contribution in [2.75, 3.05) is 0 Å². The van der Waals surface area contributed by atoms with Gasteiger partial charge in [-0.25, -0.2) is 4.79 Å². The maximum atomic E-state index is 13.6. The third-order valence-corrected chi connectivity index (χ3v) is 13.7. The summed E-state index contributed by atoms with van der Waals surface area (Å²) in [5.41, 5.74) is 2.34. The van der Waals surface area contributed by atoms with Gasteiger partial charge in [0.25, 0.3) is 0 Å². The molecule has 6 unspecified atom stereocenters. The van der Waals surface area contributed by atoms with Gasteiger partial charge in [0.05, 0.1) is 29.0 Å². The minimum atomic E-state index is -1.25. The Hall–Kier alpha value is -3.10. The Morgan fingerprint density at radius 2 is 1.54 bits per heavy atom. The summed E-state index contributed by atoms with van der Waals surface area (Å²) in [6.07, 6.45) is 9.74. The van der Waals surface area contributed by atoms with Gasteiger partial charge < -0.3 is 28.1 Å². The van der Waals surface area contributed by atoms with Crippen LogP contribution in [0.5, 0.6) is 11.5 Å². The van der Waals surface area contributed by atoms with Crippen LogP contribution in [0.4, 0.5) is 0 Å². The summed E-state index contributed by atoms with van der Waals surface area (Å²) in [6.45, 7) is 21.7. The van der Waals surface area contributed by atoms with Crippen molar-refractivity contribution >= 4 is 31.1 Å². The molecule has 8 rings (SSSR count). The van der Waals surface area contributed by atoms with Crippen molar-refractivity contribution in [1.82, 2.24) is 0 Å². The van der Waals surface area contributed by atoms with Gasteiger partial charge in [0, 0.05) is 16.7 Å². The summed E-state index contributed by atoms with van der Waals surface area (Å²) in [7, 11) is -1.08. The summed E-state index contributed by atoms with van der Waals surface area (Å²) >= 11 is 0. The zero-order valence-corrected chi connectivity index (χ0v) is 30.8. The highest BCUT2D eigenvalue weighted by Crippen LogP contribution is 2.57. The molecule has 2 saturated heterocycles. The summed E-state index contributed by atoms with van der Waals surface area (Å²) < 4.78 is 40.0. The summed E-state index contributed by atoms with van der Waals surface area (Å²) in [5, 5.41) is 0. The fraction of sp³-hybridized carbons (Fsp3) is 0.537. The van der Waals surface area contributed by atoms with Crippen molar-refractivity contribution in [2.45, 2.75) is 110 Å². The standard InChI is InChI=1S/C41H50B2O7/c1-10-13-30-31(12-3)41(46-38(30)44)32-16-14-28(42-47-26(7)40(9,50-42)34-18-23(4)25(34)6)21-35(32)45-36-22-29(15-17-33(36)41)43-48-37-20-27(11-2)19-24(5)39(37,8)49-43/h10,12-17,21-27,34,37H,3,11,18-20H2,1-2,4-9H3/b13-10-/t23?,24-,25?,26?,27+,34?,37?,39+,40-,41?/m1/s1. The van der Waals surface area contributed by atoms with Crippen molar-refractivity contribution in [3.63, 3.8) is 0 Å². The number of fused-ring (bicyclic) bond motifs is 5. The smallest absolute Gasteiger partial charge is 0.456 e. The zero-order valence-electron chi connectivity index (χ0n) is 30.8. The molecule has 0 N–H and O–H groups in total. The van der Waals surface area contributed by atoms with Crippen molar-refractivity contribution in [1.29, 1.82) is 0 Å². The van der Waals surface area contributed by atoms with Gasteiger partial charge in [-0.3, -0.25) is 0 Å². The van der Waals surface area contributed by atoms with Gasteiger partial charge in [-0.05, 0) is 99.6 Å². The van der Waals surface area contributed by atoms with Crippen LogP contribution >= 0.6 is 0 Å². The highest BCUT2D eigenvalue weighted by atomic mass is 16.7. The van der Waals surface area contributed by atoms with Gasteiger partial charge in [-0.15, -0.1) is 0 Å². The fourth-order valence-electron chi connectivity index (χ4n) is 9.86. The molecule has 0 radical (unpaired) electrons. The van der Waals surface area contributed by atoms with Crippen molar-refractivity contribution in [3.05, 3.63) is 83.5 Å². The molecule has 0 aromatic heterocycles. The van der Waals surface area contributed by atoms with E-state index in [1.54, 1.807) is 12.2 Å². The second kappa shape index (κ2) is 12.0. The molecule has 10 atom stereocenters. The Balaban J connectivity index is 1.19. The second-order valence-electron chi connectivity index (χ2n) is 16.2. The number of carbonyl (C=O) groups excluding carboxylic acids is 1. The third-order valence-electron chi connectivity index (χ3n) is 13.7. The molecular weight excluding hydrogens is 626 g/mol. The molecule has 50 heavy (non-hydrogen) atoms. The van der Waals surface area contributed by atoms with Crippen molar-refractivity contribution in [2.24, 2.45) is 29.6 Å². The zero-order chi connectivity index (χ0) is 35.3. The Morgan fingerprint density at radius 1 is 0.900 bits per heavy atom. The van der Waals surface area contributed by atoms with Crippen LogP contribution in [0, 0.1) is 29.6 Å². The van der Waals surface area contributed by atoms with Crippen LogP contribution in [-0.4, -0.2) is 43.6 Å². The second-order valence-corrected chi connectivity index (χ2v) is 16.2. The first kappa shape index (κ1) is 34.0. The molecule has 262 valence electrons. The SMILES string of the molecule is C=CC1=C(/C=C\C)C(=O)OC12c1ccc(B3OC(C)[C@](C)(C4CC(C)C4C)O3)cc1Oc1cc(B3OC4C[C@@H](CC)C[C@@H](C)[C@]4(C)O3)ccc12. The van der Waals surface area contributed by atoms with Crippen LogP contribution in [0.25, 0.3) is 0 Å². The lowest BCUT2D eigenvalue weighted by atomic mass is 9.59. The van der Waals surface area contributed by atoms with Crippen molar-refractivity contribution < 1.29 is 32.9 Å². The molecule has 0 amide bonds. The van der Waals surface area contributed by atoms with E-state index in [0.29, 0.717) is 52.2 Å². The van der Waals surface area contributed by atoms with E-state index >= 15 is 0 Å². The van der Waals surface area contributed by atoms with Crippen LogP contribution in [0.2, 0.25) is 0 Å². The minimum absolute atomic E-state index is 0.0212.